The molecule has 168 valence electrons. The molecule has 1 aliphatic carbocycles. The van der Waals surface area contributed by atoms with E-state index in [-0.39, 0.29) is 18.0 Å². The first-order chi connectivity index (χ1) is 16.0. The minimum Gasteiger partial charge on any atom is -0.366 e. The van der Waals surface area contributed by atoms with E-state index in [1.807, 2.05) is 37.3 Å². The molecule has 0 radical (unpaired) electrons. The van der Waals surface area contributed by atoms with Gasteiger partial charge in [0.15, 0.2) is 0 Å². The second kappa shape index (κ2) is 8.78. The smallest absolute Gasteiger partial charge is 0.261 e. The summed E-state index contributed by atoms with van der Waals surface area (Å²) in [4.78, 5) is 35.4. The monoisotopic (exact) mass is 459 g/mol. The van der Waals surface area contributed by atoms with Gasteiger partial charge in [0.05, 0.1) is 15.9 Å². The van der Waals surface area contributed by atoms with Crippen LogP contribution in [0.15, 0.2) is 54.9 Å². The lowest BCUT2D eigenvalue weighted by atomic mass is 9.90. The van der Waals surface area contributed by atoms with E-state index in [4.69, 9.17) is 10.7 Å². The Morgan fingerprint density at radius 2 is 1.94 bits per heavy atom. The fourth-order valence-electron chi connectivity index (χ4n) is 4.67. The molecule has 7 nitrogen and oxygen atoms in total. The minimum atomic E-state index is -0.471. The van der Waals surface area contributed by atoms with Crippen LogP contribution >= 0.6 is 11.3 Å². The van der Waals surface area contributed by atoms with Crippen molar-refractivity contribution in [3.05, 3.63) is 70.2 Å². The number of nitrogens with one attached hydrogen (secondary N) is 1. The molecular weight excluding hydrogens is 434 g/mol. The van der Waals surface area contributed by atoms with Gasteiger partial charge in [-0.2, -0.15) is 0 Å². The highest BCUT2D eigenvalue weighted by molar-refractivity contribution is 7.13. The van der Waals surface area contributed by atoms with Crippen LogP contribution in [0.4, 0.5) is 0 Å². The molecule has 33 heavy (non-hydrogen) atoms. The highest BCUT2D eigenvalue weighted by Gasteiger charge is 2.28. The second-order valence-corrected chi connectivity index (χ2v) is 9.80. The molecule has 0 bridgehead atoms. The number of hydrogen-bond acceptors (Lipinski definition) is 5. The van der Waals surface area contributed by atoms with Crippen LogP contribution in [0.2, 0.25) is 0 Å². The number of aromatic nitrogens is 3. The topological polar surface area (TPSA) is 103 Å². The molecule has 1 saturated carbocycles. The van der Waals surface area contributed by atoms with E-state index < -0.39 is 5.91 Å². The fraction of sp³-hybridized carbons (Fsp3) is 0.280. The zero-order chi connectivity index (χ0) is 22.9. The molecule has 3 heterocycles. The Hall–Kier alpha value is -3.52. The first kappa shape index (κ1) is 21.3. The number of carbonyl (C=O) groups is 2. The number of amides is 2. The number of nitrogens with two attached hydrogens (primary N) is 1. The molecule has 8 heteroatoms. The Labute approximate surface area is 195 Å². The molecule has 3 N–H and O–H groups in total. The minimum absolute atomic E-state index is 0.00491. The molecule has 4 aromatic rings. The molecule has 1 aromatic carbocycles. The number of pyridine rings is 1. The molecule has 0 spiro atoms. The van der Waals surface area contributed by atoms with Crippen LogP contribution < -0.4 is 11.1 Å². The fourth-order valence-corrected chi connectivity index (χ4v) is 5.44. The van der Waals surface area contributed by atoms with Crippen molar-refractivity contribution in [1.29, 1.82) is 0 Å². The maximum Gasteiger partial charge on any atom is 0.261 e. The summed E-state index contributed by atoms with van der Waals surface area (Å²) >= 11 is 1.52. The third-order valence-corrected chi connectivity index (χ3v) is 7.22. The molecule has 5 rings (SSSR count). The van der Waals surface area contributed by atoms with Gasteiger partial charge in [-0.1, -0.05) is 0 Å². The molecule has 1 aliphatic rings. The van der Waals surface area contributed by atoms with Gasteiger partial charge in [-0.05, 0) is 75.1 Å². The van der Waals surface area contributed by atoms with Crippen LogP contribution in [-0.4, -0.2) is 32.4 Å². The van der Waals surface area contributed by atoms with Gasteiger partial charge < -0.3 is 15.6 Å². The molecule has 1 fully saturated rings. The Morgan fingerprint density at radius 3 is 2.67 bits per heavy atom. The number of aryl methyl sites for hydroxylation is 1. The first-order valence-electron chi connectivity index (χ1n) is 11.1. The van der Waals surface area contributed by atoms with Crippen LogP contribution in [0.3, 0.4) is 0 Å². The van der Waals surface area contributed by atoms with Crippen LogP contribution in [0.5, 0.6) is 0 Å². The summed E-state index contributed by atoms with van der Waals surface area (Å²) in [5, 5.41) is 3.24. The molecule has 0 aliphatic heterocycles. The maximum absolute atomic E-state index is 12.8. The van der Waals surface area contributed by atoms with Crippen molar-refractivity contribution in [2.45, 2.75) is 44.7 Å². The van der Waals surface area contributed by atoms with Crippen molar-refractivity contribution in [1.82, 2.24) is 19.9 Å². The van der Waals surface area contributed by atoms with Crippen LogP contribution in [-0.2, 0) is 0 Å². The number of fused-ring (bicyclic) bond motifs is 1. The zero-order valence-electron chi connectivity index (χ0n) is 18.3. The Bertz CT molecular complexity index is 1330. The van der Waals surface area contributed by atoms with E-state index in [1.165, 1.54) is 11.3 Å². The van der Waals surface area contributed by atoms with Gasteiger partial charge in [-0.3, -0.25) is 14.6 Å². The summed E-state index contributed by atoms with van der Waals surface area (Å²) in [6.07, 6.45) is 7.27. The van der Waals surface area contributed by atoms with Crippen molar-refractivity contribution < 1.29 is 9.59 Å². The van der Waals surface area contributed by atoms with Gasteiger partial charge >= 0.3 is 0 Å². The van der Waals surface area contributed by atoms with Crippen LogP contribution in [0.1, 0.15) is 56.6 Å². The average molecular weight is 460 g/mol. The van der Waals surface area contributed by atoms with Gasteiger partial charge in [0, 0.05) is 40.5 Å². The first-order valence-corrected chi connectivity index (χ1v) is 11.9. The number of carbonyl (C=O) groups excluding carboxylic acids is 2. The van der Waals surface area contributed by atoms with E-state index in [9.17, 15) is 9.59 Å². The summed E-state index contributed by atoms with van der Waals surface area (Å²) < 4.78 is 2.25. The van der Waals surface area contributed by atoms with E-state index in [0.29, 0.717) is 5.56 Å². The average Bonchev–Trinajstić information content (AvgIpc) is 3.43. The third kappa shape index (κ3) is 4.26. The standard InChI is InChI=1S/C25H25N5O2S/c1-15-5-8-22(33-15)25(32)28-18-3-2-4-19(14-18)30-21-7-6-17(23(26)31)13-20(21)29-24(30)16-9-11-27-12-10-16/h5-13,18-19H,2-4,14H2,1H3,(H2,26,31)(H,28,32). The molecule has 3 aromatic heterocycles. The molecule has 2 unspecified atom stereocenters. The van der Waals surface area contributed by atoms with Gasteiger partial charge in [-0.15, -0.1) is 11.3 Å². The number of imidazole rings is 1. The molecule has 2 amide bonds. The Kier molecular flexibility index (Phi) is 5.68. The summed E-state index contributed by atoms with van der Waals surface area (Å²) in [6, 6.07) is 13.4. The number of hydrogen-bond donors (Lipinski definition) is 2. The number of thiophene rings is 1. The summed E-state index contributed by atoms with van der Waals surface area (Å²) in [5.41, 5.74) is 8.59. The number of nitrogens with zero attached hydrogens (tertiary/aromatic N) is 3. The van der Waals surface area contributed by atoms with Crippen molar-refractivity contribution in [2.75, 3.05) is 0 Å². The Balaban J connectivity index is 1.49. The van der Waals surface area contributed by atoms with Crippen molar-refractivity contribution in [3.8, 4) is 11.4 Å². The predicted molar refractivity (Wildman–Crippen MR) is 129 cm³/mol. The van der Waals surface area contributed by atoms with E-state index in [2.05, 4.69) is 14.9 Å². The molecule has 0 saturated heterocycles. The van der Waals surface area contributed by atoms with E-state index >= 15 is 0 Å². The second-order valence-electron chi connectivity index (χ2n) is 8.51. The number of rotatable bonds is 5. The summed E-state index contributed by atoms with van der Waals surface area (Å²) in [6.45, 7) is 2.01. The van der Waals surface area contributed by atoms with Crippen molar-refractivity contribution >= 4 is 34.2 Å². The lowest BCUT2D eigenvalue weighted by Crippen LogP contribution is -2.38. The lowest BCUT2D eigenvalue weighted by Gasteiger charge is -2.32. The van der Waals surface area contributed by atoms with E-state index in [0.717, 1.165) is 57.9 Å². The number of primary amides is 1. The van der Waals surface area contributed by atoms with E-state index in [1.54, 1.807) is 24.5 Å². The summed E-state index contributed by atoms with van der Waals surface area (Å²) in [7, 11) is 0. The van der Waals surface area contributed by atoms with Gasteiger partial charge in [0.25, 0.3) is 5.91 Å². The summed E-state index contributed by atoms with van der Waals surface area (Å²) in [5.74, 6) is 0.357. The predicted octanol–water partition coefficient (Wildman–Crippen LogP) is 4.48. The largest absolute Gasteiger partial charge is 0.366 e. The van der Waals surface area contributed by atoms with Crippen LogP contribution in [0, 0.1) is 6.92 Å². The highest BCUT2D eigenvalue weighted by atomic mass is 32.1. The quantitative estimate of drug-likeness (QED) is 0.459. The van der Waals surface area contributed by atoms with Crippen molar-refractivity contribution in [3.63, 3.8) is 0 Å². The molecule has 2 atom stereocenters. The van der Waals surface area contributed by atoms with Gasteiger partial charge in [-0.25, -0.2) is 4.98 Å². The van der Waals surface area contributed by atoms with Crippen molar-refractivity contribution in [2.24, 2.45) is 5.73 Å². The normalized spacial score (nSPS) is 18.3. The maximum atomic E-state index is 12.8. The number of benzene rings is 1. The third-order valence-electron chi connectivity index (χ3n) is 6.22. The SMILES string of the molecule is Cc1ccc(C(=O)NC2CCCC(n3c(-c4ccncc4)nc4cc(C(N)=O)ccc43)C2)s1. The van der Waals surface area contributed by atoms with Gasteiger partial charge in [0.2, 0.25) is 5.91 Å². The Morgan fingerprint density at radius 1 is 1.12 bits per heavy atom. The lowest BCUT2D eigenvalue weighted by molar-refractivity contribution is 0.0924. The zero-order valence-corrected chi connectivity index (χ0v) is 19.1. The van der Waals surface area contributed by atoms with Crippen LogP contribution in [0.25, 0.3) is 22.4 Å². The van der Waals surface area contributed by atoms with Gasteiger partial charge in [0.1, 0.15) is 5.82 Å². The highest BCUT2D eigenvalue weighted by Crippen LogP contribution is 2.36. The molecular formula is C25H25N5O2S.